The number of hydrogen-bond donors (Lipinski definition) is 2. The van der Waals surface area contributed by atoms with Gasteiger partial charge in [0.2, 0.25) is 5.96 Å². The summed E-state index contributed by atoms with van der Waals surface area (Å²) >= 11 is 1.63. The highest BCUT2D eigenvalue weighted by molar-refractivity contribution is 7.98. The number of nitrogens with one attached hydrogen (secondary N) is 2. The van der Waals surface area contributed by atoms with Crippen LogP contribution in [0.15, 0.2) is 16.6 Å². The van der Waals surface area contributed by atoms with Gasteiger partial charge in [-0.25, -0.2) is 4.98 Å². The topological polar surface area (TPSA) is 110 Å². The van der Waals surface area contributed by atoms with Gasteiger partial charge in [-0.2, -0.15) is 22.0 Å². The quantitative estimate of drug-likeness (QED) is 0.153. The molecule has 0 aliphatic rings. The Bertz CT molecular complexity index is 478. The van der Waals surface area contributed by atoms with Crippen LogP contribution in [-0.4, -0.2) is 40.3 Å². The molecule has 2 N–H and O–H groups in total. The number of H-pyrrole nitrogens is 1. The summed E-state index contributed by atoms with van der Waals surface area (Å²) in [5.41, 5.74) is 2.04. The molecule has 0 radical (unpaired) electrons. The number of hydrogen-bond acceptors (Lipinski definition) is 6. The van der Waals surface area contributed by atoms with E-state index in [4.69, 9.17) is 5.26 Å². The van der Waals surface area contributed by atoms with E-state index in [-0.39, 0.29) is 5.96 Å². The number of nitroso groups, excluding NO2 is 1. The van der Waals surface area contributed by atoms with E-state index < -0.39 is 0 Å². The van der Waals surface area contributed by atoms with Gasteiger partial charge in [-0.05, 0) is 6.92 Å². The van der Waals surface area contributed by atoms with Crippen molar-refractivity contribution >= 4 is 17.7 Å². The van der Waals surface area contributed by atoms with Crippen LogP contribution in [0, 0.1) is 23.3 Å². The molecule has 8 nitrogen and oxygen atoms in total. The Morgan fingerprint density at radius 3 is 3.05 bits per heavy atom. The Balaban J connectivity index is 2.36. The molecular formula is C10H15N7OS. The molecule has 0 aliphatic heterocycles. The van der Waals surface area contributed by atoms with Gasteiger partial charge in [-0.15, -0.1) is 4.91 Å². The first-order valence-corrected chi connectivity index (χ1v) is 6.67. The standard InChI is InChI=1S/C10H15N7OS/c1-8-9(15-7-14-8)5-19-4-3-17(16-18)10(12-2)13-6-11/h7H,3-5H2,1-2H3,(H,12,13)(H,14,15). The lowest BCUT2D eigenvalue weighted by atomic mass is 10.4. The number of nitrogens with zero attached hydrogens (tertiary/aromatic N) is 5. The summed E-state index contributed by atoms with van der Waals surface area (Å²) in [5.74, 6) is 1.57. The number of thioether (sulfide) groups is 1. The van der Waals surface area contributed by atoms with Gasteiger partial charge in [-0.1, -0.05) is 0 Å². The van der Waals surface area contributed by atoms with Gasteiger partial charge in [-0.3, -0.25) is 10.3 Å². The van der Waals surface area contributed by atoms with Crippen molar-refractivity contribution in [2.45, 2.75) is 12.7 Å². The minimum Gasteiger partial charge on any atom is -0.348 e. The summed E-state index contributed by atoms with van der Waals surface area (Å²) in [4.78, 5) is 21.6. The van der Waals surface area contributed by atoms with Gasteiger partial charge in [0.05, 0.1) is 23.9 Å². The minimum absolute atomic E-state index is 0.147. The lowest BCUT2D eigenvalue weighted by Gasteiger charge is -2.14. The van der Waals surface area contributed by atoms with Crippen molar-refractivity contribution in [2.75, 3.05) is 19.3 Å². The van der Waals surface area contributed by atoms with Crippen LogP contribution in [0.3, 0.4) is 0 Å². The van der Waals surface area contributed by atoms with Crippen molar-refractivity contribution in [3.05, 3.63) is 22.6 Å². The van der Waals surface area contributed by atoms with E-state index in [9.17, 15) is 4.91 Å². The lowest BCUT2D eigenvalue weighted by Crippen LogP contribution is -2.36. The molecule has 102 valence electrons. The fraction of sp³-hybridized carbons (Fsp3) is 0.500. The number of nitriles is 1. The molecule has 19 heavy (non-hydrogen) atoms. The van der Waals surface area contributed by atoms with Crippen LogP contribution in [0.4, 0.5) is 0 Å². The number of rotatable bonds is 6. The Hall–Kier alpha value is -2.08. The first-order chi connectivity index (χ1) is 9.22. The van der Waals surface area contributed by atoms with Gasteiger partial charge >= 0.3 is 0 Å². The molecule has 0 aliphatic carbocycles. The lowest BCUT2D eigenvalue weighted by molar-refractivity contribution is 0.455. The largest absolute Gasteiger partial charge is 0.348 e. The van der Waals surface area contributed by atoms with Crippen LogP contribution in [0.2, 0.25) is 0 Å². The molecular weight excluding hydrogens is 266 g/mol. The Morgan fingerprint density at radius 1 is 1.74 bits per heavy atom. The average Bonchev–Trinajstić information content (AvgIpc) is 2.82. The van der Waals surface area contributed by atoms with Crippen LogP contribution in [0.1, 0.15) is 11.4 Å². The normalized spacial score (nSPS) is 10.9. The van der Waals surface area contributed by atoms with E-state index in [0.29, 0.717) is 12.3 Å². The van der Waals surface area contributed by atoms with Crippen LogP contribution in [-0.2, 0) is 5.75 Å². The molecule has 1 aromatic rings. The molecule has 0 amide bonds. The molecule has 0 bridgehead atoms. The fourth-order valence-electron chi connectivity index (χ4n) is 1.32. The number of imidazole rings is 1. The zero-order chi connectivity index (χ0) is 14.1. The molecule has 0 spiro atoms. The Morgan fingerprint density at radius 2 is 2.53 bits per heavy atom. The molecule has 1 heterocycles. The summed E-state index contributed by atoms with van der Waals surface area (Å²) in [6.07, 6.45) is 3.37. The summed E-state index contributed by atoms with van der Waals surface area (Å²) in [7, 11) is 1.48. The molecule has 0 saturated carbocycles. The zero-order valence-corrected chi connectivity index (χ0v) is 11.6. The van der Waals surface area contributed by atoms with Crippen molar-refractivity contribution in [3.63, 3.8) is 0 Å². The van der Waals surface area contributed by atoms with E-state index in [1.165, 1.54) is 7.05 Å². The molecule has 0 aromatic carbocycles. The van der Waals surface area contributed by atoms with Crippen molar-refractivity contribution in [3.8, 4) is 6.19 Å². The van der Waals surface area contributed by atoms with Gasteiger partial charge < -0.3 is 4.98 Å². The third-order valence-corrected chi connectivity index (χ3v) is 3.29. The van der Waals surface area contributed by atoms with E-state index in [0.717, 1.165) is 22.1 Å². The number of aliphatic imine (C=N–C) groups is 1. The first-order valence-electron chi connectivity index (χ1n) is 5.52. The zero-order valence-electron chi connectivity index (χ0n) is 10.8. The maximum absolute atomic E-state index is 10.7. The Labute approximate surface area is 115 Å². The second-order valence-electron chi connectivity index (χ2n) is 3.52. The summed E-state index contributed by atoms with van der Waals surface area (Å²) < 4.78 is 0. The third kappa shape index (κ3) is 4.59. The average molecular weight is 281 g/mol. The third-order valence-electron chi connectivity index (χ3n) is 2.34. The molecule has 0 fully saturated rings. The minimum atomic E-state index is 0.147. The molecule has 0 unspecified atom stereocenters. The summed E-state index contributed by atoms with van der Waals surface area (Å²) in [5, 5.41) is 14.8. The van der Waals surface area contributed by atoms with E-state index in [1.807, 2.05) is 6.92 Å². The number of aromatic nitrogens is 2. The van der Waals surface area contributed by atoms with Crippen LogP contribution in [0.5, 0.6) is 0 Å². The maximum atomic E-state index is 10.7. The van der Waals surface area contributed by atoms with E-state index in [2.05, 4.69) is 25.6 Å². The van der Waals surface area contributed by atoms with E-state index >= 15 is 0 Å². The smallest absolute Gasteiger partial charge is 0.230 e. The number of aromatic amines is 1. The Kier molecular flexibility index (Phi) is 6.38. The van der Waals surface area contributed by atoms with Gasteiger partial charge in [0.25, 0.3) is 0 Å². The monoisotopic (exact) mass is 281 g/mol. The van der Waals surface area contributed by atoms with Crippen LogP contribution < -0.4 is 5.32 Å². The van der Waals surface area contributed by atoms with Crippen molar-refractivity contribution in [1.29, 1.82) is 5.26 Å². The van der Waals surface area contributed by atoms with Crippen molar-refractivity contribution in [1.82, 2.24) is 20.3 Å². The van der Waals surface area contributed by atoms with Gasteiger partial charge in [0.1, 0.15) is 0 Å². The second kappa shape index (κ2) is 8.10. The maximum Gasteiger partial charge on any atom is 0.230 e. The highest BCUT2D eigenvalue weighted by Gasteiger charge is 2.10. The predicted molar refractivity (Wildman–Crippen MR) is 74.1 cm³/mol. The van der Waals surface area contributed by atoms with Crippen molar-refractivity contribution in [2.24, 2.45) is 10.3 Å². The fourth-order valence-corrected chi connectivity index (χ4v) is 2.25. The van der Waals surface area contributed by atoms with Crippen molar-refractivity contribution < 1.29 is 0 Å². The SMILES string of the molecule is CN=C(NC#N)N(CCSCc1nc[nH]c1C)N=O. The van der Waals surface area contributed by atoms with Crippen LogP contribution >= 0.6 is 11.8 Å². The second-order valence-corrected chi connectivity index (χ2v) is 4.62. The summed E-state index contributed by atoms with van der Waals surface area (Å²) in [6, 6.07) is 0. The van der Waals surface area contributed by atoms with Gasteiger partial charge in [0.15, 0.2) is 6.19 Å². The number of guanidine groups is 1. The predicted octanol–water partition coefficient (Wildman–Crippen LogP) is 0.991. The van der Waals surface area contributed by atoms with Crippen LogP contribution in [0.25, 0.3) is 0 Å². The first kappa shape index (κ1) is 15.0. The number of aryl methyl sites for hydroxylation is 1. The molecule has 9 heteroatoms. The molecule has 0 atom stereocenters. The van der Waals surface area contributed by atoms with Gasteiger partial charge in [0, 0.05) is 24.2 Å². The molecule has 0 saturated heterocycles. The highest BCUT2D eigenvalue weighted by Crippen LogP contribution is 2.12. The molecule has 1 rings (SSSR count). The van der Waals surface area contributed by atoms with E-state index in [1.54, 1.807) is 24.3 Å². The molecule has 1 aromatic heterocycles. The highest BCUT2D eigenvalue weighted by atomic mass is 32.2. The summed E-state index contributed by atoms with van der Waals surface area (Å²) in [6.45, 7) is 2.33.